The Labute approximate surface area is 113 Å². The van der Waals surface area contributed by atoms with Gasteiger partial charge in [-0.25, -0.2) is 4.39 Å². The molecule has 1 aromatic rings. The van der Waals surface area contributed by atoms with E-state index >= 15 is 0 Å². The van der Waals surface area contributed by atoms with Crippen LogP contribution in [0.5, 0.6) is 0 Å². The molecule has 0 aliphatic carbocycles. The van der Waals surface area contributed by atoms with Crippen LogP contribution < -0.4 is 5.73 Å². The monoisotopic (exact) mass is 321 g/mol. The molecule has 1 atom stereocenters. The largest absolute Gasteiger partial charge is 0.328 e. The normalized spacial score (nSPS) is 12.5. The third-order valence-corrected chi connectivity index (χ3v) is 3.66. The van der Waals surface area contributed by atoms with Crippen molar-refractivity contribution in [2.45, 2.75) is 32.2 Å². The molecular weight excluding hydrogens is 308 g/mol. The SMILES string of the molecule is CC(N)CCCC(=O)c1ccc(Br)c(Cl)c1F. The van der Waals surface area contributed by atoms with E-state index in [4.69, 9.17) is 17.3 Å². The topological polar surface area (TPSA) is 43.1 Å². The highest BCUT2D eigenvalue weighted by molar-refractivity contribution is 9.10. The molecule has 0 aliphatic rings. The number of ketones is 1. The summed E-state index contributed by atoms with van der Waals surface area (Å²) in [6.07, 6.45) is 1.69. The van der Waals surface area contributed by atoms with Gasteiger partial charge < -0.3 is 5.73 Å². The van der Waals surface area contributed by atoms with E-state index in [-0.39, 0.29) is 28.8 Å². The molecule has 0 fully saturated rings. The van der Waals surface area contributed by atoms with Crippen LogP contribution in [0.3, 0.4) is 0 Å². The van der Waals surface area contributed by atoms with Crippen molar-refractivity contribution in [2.24, 2.45) is 5.73 Å². The first-order valence-corrected chi connectivity index (χ1v) is 6.53. The molecule has 0 radical (unpaired) electrons. The lowest BCUT2D eigenvalue weighted by atomic mass is 10.0. The third kappa shape index (κ3) is 4.05. The predicted octanol–water partition coefficient (Wildman–Crippen LogP) is 3.94. The van der Waals surface area contributed by atoms with Crippen LogP contribution in [0.15, 0.2) is 16.6 Å². The molecule has 5 heteroatoms. The molecule has 0 aliphatic heterocycles. The molecule has 1 unspecified atom stereocenters. The molecule has 1 aromatic carbocycles. The van der Waals surface area contributed by atoms with E-state index in [1.165, 1.54) is 6.07 Å². The number of nitrogens with two attached hydrogens (primary N) is 1. The predicted molar refractivity (Wildman–Crippen MR) is 70.9 cm³/mol. The first-order valence-electron chi connectivity index (χ1n) is 5.35. The fourth-order valence-electron chi connectivity index (χ4n) is 1.46. The molecule has 2 N–H and O–H groups in total. The van der Waals surface area contributed by atoms with Gasteiger partial charge in [-0.05, 0) is 47.8 Å². The van der Waals surface area contributed by atoms with Crippen LogP contribution >= 0.6 is 27.5 Å². The Bertz CT molecular complexity index is 423. The summed E-state index contributed by atoms with van der Waals surface area (Å²) in [5.74, 6) is -0.899. The number of hydrogen-bond donors (Lipinski definition) is 1. The minimum atomic E-state index is -0.660. The van der Waals surface area contributed by atoms with Gasteiger partial charge in [0.2, 0.25) is 0 Å². The van der Waals surface area contributed by atoms with Crippen molar-refractivity contribution in [2.75, 3.05) is 0 Å². The second kappa shape index (κ2) is 6.47. The minimum Gasteiger partial charge on any atom is -0.328 e. The van der Waals surface area contributed by atoms with E-state index in [2.05, 4.69) is 15.9 Å². The smallest absolute Gasteiger partial charge is 0.165 e. The van der Waals surface area contributed by atoms with Crippen LogP contribution in [0, 0.1) is 5.82 Å². The Kier molecular flexibility index (Phi) is 5.56. The van der Waals surface area contributed by atoms with E-state index in [1.54, 1.807) is 6.07 Å². The van der Waals surface area contributed by atoms with Crippen LogP contribution in [0.1, 0.15) is 36.5 Å². The van der Waals surface area contributed by atoms with Gasteiger partial charge in [0.25, 0.3) is 0 Å². The van der Waals surface area contributed by atoms with Gasteiger partial charge in [-0.3, -0.25) is 4.79 Å². The Morgan fingerprint density at radius 3 is 2.82 bits per heavy atom. The summed E-state index contributed by atoms with van der Waals surface area (Å²) >= 11 is 8.82. The zero-order chi connectivity index (χ0) is 13.0. The summed E-state index contributed by atoms with van der Waals surface area (Å²) in [7, 11) is 0. The maximum atomic E-state index is 13.7. The van der Waals surface area contributed by atoms with Gasteiger partial charge in [-0.2, -0.15) is 0 Å². The van der Waals surface area contributed by atoms with E-state index in [0.29, 0.717) is 10.9 Å². The summed E-state index contributed by atoms with van der Waals surface area (Å²) in [5, 5.41) is -0.0527. The third-order valence-electron chi connectivity index (χ3n) is 2.40. The van der Waals surface area contributed by atoms with E-state index in [9.17, 15) is 9.18 Å². The van der Waals surface area contributed by atoms with Crippen LogP contribution in [-0.4, -0.2) is 11.8 Å². The van der Waals surface area contributed by atoms with Crippen molar-refractivity contribution in [3.8, 4) is 0 Å². The summed E-state index contributed by atoms with van der Waals surface area (Å²) in [6, 6.07) is 3.07. The van der Waals surface area contributed by atoms with Gasteiger partial charge in [0.05, 0.1) is 10.6 Å². The second-order valence-electron chi connectivity index (χ2n) is 4.02. The van der Waals surface area contributed by atoms with Crippen LogP contribution in [0.25, 0.3) is 0 Å². The Morgan fingerprint density at radius 1 is 1.59 bits per heavy atom. The molecule has 94 valence electrons. The molecule has 0 aromatic heterocycles. The lowest BCUT2D eigenvalue weighted by Gasteiger charge is -2.06. The minimum absolute atomic E-state index is 0.0443. The highest BCUT2D eigenvalue weighted by Gasteiger charge is 2.16. The van der Waals surface area contributed by atoms with Gasteiger partial charge in [-0.15, -0.1) is 0 Å². The zero-order valence-electron chi connectivity index (χ0n) is 9.47. The highest BCUT2D eigenvalue weighted by atomic mass is 79.9. The summed E-state index contributed by atoms with van der Waals surface area (Å²) in [4.78, 5) is 11.8. The Hall–Kier alpha value is -0.450. The molecule has 0 amide bonds. The number of benzene rings is 1. The average molecular weight is 323 g/mol. The number of carbonyl (C=O) groups excluding carboxylic acids is 1. The van der Waals surface area contributed by atoms with Gasteiger partial charge >= 0.3 is 0 Å². The average Bonchev–Trinajstić information content (AvgIpc) is 2.25. The maximum Gasteiger partial charge on any atom is 0.165 e. The van der Waals surface area contributed by atoms with Crippen molar-refractivity contribution in [3.05, 3.63) is 33.0 Å². The van der Waals surface area contributed by atoms with Crippen molar-refractivity contribution in [3.63, 3.8) is 0 Å². The first kappa shape index (κ1) is 14.6. The number of Topliss-reactive ketones (excluding diaryl/α,β-unsaturated/α-hetero) is 1. The standard InChI is InChI=1S/C12H14BrClFNO/c1-7(16)3-2-4-10(17)8-5-6-9(13)11(14)12(8)15/h5-7H,2-4,16H2,1H3. The lowest BCUT2D eigenvalue weighted by molar-refractivity contribution is 0.0975. The lowest BCUT2D eigenvalue weighted by Crippen LogP contribution is -2.15. The molecule has 0 bridgehead atoms. The molecule has 17 heavy (non-hydrogen) atoms. The Balaban J connectivity index is 2.73. The molecule has 1 rings (SSSR count). The van der Waals surface area contributed by atoms with Gasteiger partial charge in [-0.1, -0.05) is 11.6 Å². The van der Waals surface area contributed by atoms with Crippen LogP contribution in [0.2, 0.25) is 5.02 Å². The summed E-state index contributed by atoms with van der Waals surface area (Å²) in [5.41, 5.74) is 5.62. The zero-order valence-corrected chi connectivity index (χ0v) is 11.8. The van der Waals surface area contributed by atoms with E-state index in [1.807, 2.05) is 6.92 Å². The second-order valence-corrected chi connectivity index (χ2v) is 5.25. The van der Waals surface area contributed by atoms with Crippen LogP contribution in [0.4, 0.5) is 4.39 Å². The van der Waals surface area contributed by atoms with E-state index < -0.39 is 5.82 Å². The Morgan fingerprint density at radius 2 is 2.24 bits per heavy atom. The fraction of sp³-hybridized carbons (Fsp3) is 0.417. The van der Waals surface area contributed by atoms with Crippen molar-refractivity contribution in [1.82, 2.24) is 0 Å². The molecule has 0 saturated carbocycles. The van der Waals surface area contributed by atoms with Gasteiger partial charge in [0.1, 0.15) is 0 Å². The number of carbonyl (C=O) groups is 1. The quantitative estimate of drug-likeness (QED) is 0.659. The fourth-order valence-corrected chi connectivity index (χ4v) is 1.93. The number of halogens is 3. The summed E-state index contributed by atoms with van der Waals surface area (Å²) in [6.45, 7) is 1.88. The number of rotatable bonds is 5. The van der Waals surface area contributed by atoms with Crippen molar-refractivity contribution < 1.29 is 9.18 Å². The molecule has 0 spiro atoms. The summed E-state index contributed by atoms with van der Waals surface area (Å²) < 4.78 is 14.1. The van der Waals surface area contributed by atoms with Gasteiger partial charge in [0, 0.05) is 16.9 Å². The van der Waals surface area contributed by atoms with Crippen molar-refractivity contribution >= 4 is 33.3 Å². The first-order chi connectivity index (χ1) is 7.93. The van der Waals surface area contributed by atoms with E-state index in [0.717, 1.165) is 6.42 Å². The molecule has 0 heterocycles. The van der Waals surface area contributed by atoms with Gasteiger partial charge in [0.15, 0.2) is 11.6 Å². The highest BCUT2D eigenvalue weighted by Crippen LogP contribution is 2.28. The molecular formula is C12H14BrClFNO. The molecule has 0 saturated heterocycles. The van der Waals surface area contributed by atoms with Crippen LogP contribution in [-0.2, 0) is 0 Å². The maximum absolute atomic E-state index is 13.7. The van der Waals surface area contributed by atoms with Crippen molar-refractivity contribution in [1.29, 1.82) is 0 Å². The number of hydrogen-bond acceptors (Lipinski definition) is 2. The molecule has 2 nitrogen and oxygen atoms in total.